The highest BCUT2D eigenvalue weighted by atomic mass is 35.5. The van der Waals surface area contributed by atoms with Crippen molar-refractivity contribution in [1.29, 1.82) is 0 Å². The predicted octanol–water partition coefficient (Wildman–Crippen LogP) is 4.06. The zero-order chi connectivity index (χ0) is 21.8. The molecule has 2 rings (SSSR count). The topological polar surface area (TPSA) is 84.5 Å². The molecular formula is C20H24ClFN2O4S. The number of rotatable bonds is 8. The van der Waals surface area contributed by atoms with Gasteiger partial charge in [-0.05, 0) is 69.7 Å². The van der Waals surface area contributed by atoms with Crippen LogP contribution in [-0.4, -0.2) is 26.2 Å². The maximum absolute atomic E-state index is 13.2. The molecule has 9 heteroatoms. The lowest BCUT2D eigenvalue weighted by Gasteiger charge is -2.28. The summed E-state index contributed by atoms with van der Waals surface area (Å²) in [5.74, 6) is -1.39. The van der Waals surface area contributed by atoms with Crippen LogP contribution in [0.15, 0.2) is 42.5 Å². The molecule has 0 aliphatic rings. The first-order chi connectivity index (χ1) is 13.4. The molecule has 0 aromatic heterocycles. The van der Waals surface area contributed by atoms with E-state index in [-0.39, 0.29) is 11.1 Å². The quantitative estimate of drug-likeness (QED) is 0.645. The second-order valence-corrected chi connectivity index (χ2v) is 9.48. The molecule has 158 valence electrons. The molecule has 0 spiro atoms. The van der Waals surface area contributed by atoms with Crippen molar-refractivity contribution in [2.45, 2.75) is 39.3 Å². The van der Waals surface area contributed by atoms with Crippen LogP contribution in [0.3, 0.4) is 0 Å². The smallest absolute Gasteiger partial charge is 0.241 e. The largest absolute Gasteiger partial charge is 0.491 e. The summed E-state index contributed by atoms with van der Waals surface area (Å²) >= 11 is 6.05. The number of hydrogen-bond acceptors (Lipinski definition) is 4. The van der Waals surface area contributed by atoms with Crippen LogP contribution in [0.5, 0.6) is 5.75 Å². The fourth-order valence-electron chi connectivity index (χ4n) is 2.71. The van der Waals surface area contributed by atoms with Crippen molar-refractivity contribution in [3.8, 4) is 5.75 Å². The third-order valence-corrected chi connectivity index (χ3v) is 5.38. The molecule has 1 amide bonds. The average Bonchev–Trinajstić information content (AvgIpc) is 2.54. The van der Waals surface area contributed by atoms with E-state index in [2.05, 4.69) is 10.0 Å². The number of amides is 1. The Bertz CT molecular complexity index is 976. The molecular weight excluding hydrogens is 419 g/mol. The van der Waals surface area contributed by atoms with Crippen LogP contribution in [0.4, 0.5) is 10.1 Å². The number of sulfonamides is 1. The highest BCUT2D eigenvalue weighted by Gasteiger charge is 2.28. The van der Waals surface area contributed by atoms with Crippen molar-refractivity contribution in [3.05, 3.63) is 58.9 Å². The summed E-state index contributed by atoms with van der Waals surface area (Å²) in [6.07, 6.45) is -0.000738. The number of anilines is 1. The second kappa shape index (κ2) is 9.00. The van der Waals surface area contributed by atoms with Gasteiger partial charge in [0.25, 0.3) is 0 Å². The minimum absolute atomic E-state index is 0.000738. The SMILES string of the molecule is CC(C)Oc1ccc(NS(=O)(=O)CC(=O)NC(C)(C)c2ccc(F)cc2Cl)cc1. The van der Waals surface area contributed by atoms with Crippen LogP contribution in [0.25, 0.3) is 0 Å². The minimum atomic E-state index is -3.94. The van der Waals surface area contributed by atoms with Crippen LogP contribution in [0.2, 0.25) is 5.02 Å². The highest BCUT2D eigenvalue weighted by Crippen LogP contribution is 2.28. The lowest BCUT2D eigenvalue weighted by molar-refractivity contribution is -0.120. The van der Waals surface area contributed by atoms with Gasteiger partial charge in [-0.25, -0.2) is 12.8 Å². The van der Waals surface area contributed by atoms with Gasteiger partial charge >= 0.3 is 0 Å². The zero-order valence-electron chi connectivity index (χ0n) is 16.6. The molecule has 0 atom stereocenters. The summed E-state index contributed by atoms with van der Waals surface area (Å²) in [7, 11) is -3.94. The van der Waals surface area contributed by atoms with Crippen LogP contribution in [-0.2, 0) is 20.4 Å². The van der Waals surface area contributed by atoms with E-state index >= 15 is 0 Å². The Hall–Kier alpha value is -2.32. The maximum atomic E-state index is 13.2. The summed E-state index contributed by atoms with van der Waals surface area (Å²) in [6, 6.07) is 10.2. The first kappa shape index (κ1) is 23.0. The summed E-state index contributed by atoms with van der Waals surface area (Å²) < 4.78 is 45.8. The Balaban J connectivity index is 2.03. The summed E-state index contributed by atoms with van der Waals surface area (Å²) in [5.41, 5.74) is -0.206. The Labute approximate surface area is 175 Å². The van der Waals surface area contributed by atoms with Crippen LogP contribution >= 0.6 is 11.6 Å². The molecule has 0 radical (unpaired) electrons. The average molecular weight is 443 g/mol. The molecule has 0 saturated heterocycles. The fraction of sp³-hybridized carbons (Fsp3) is 0.350. The van der Waals surface area contributed by atoms with Gasteiger partial charge in [-0.3, -0.25) is 9.52 Å². The molecule has 6 nitrogen and oxygen atoms in total. The molecule has 0 saturated carbocycles. The summed E-state index contributed by atoms with van der Waals surface area (Å²) in [6.45, 7) is 7.07. The van der Waals surface area contributed by atoms with Gasteiger partial charge in [-0.15, -0.1) is 0 Å². The lowest BCUT2D eigenvalue weighted by Crippen LogP contribution is -2.44. The standard InChI is InChI=1S/C20H24ClFN2O4S/c1-13(2)28-16-8-6-15(7-9-16)24-29(26,27)12-19(25)23-20(3,4)17-10-5-14(22)11-18(17)21/h5-11,13,24H,12H2,1-4H3,(H,23,25). The summed E-state index contributed by atoms with van der Waals surface area (Å²) in [5, 5.41) is 2.76. The predicted molar refractivity (Wildman–Crippen MR) is 112 cm³/mol. The van der Waals surface area contributed by atoms with Gasteiger partial charge < -0.3 is 10.1 Å². The van der Waals surface area contributed by atoms with E-state index in [0.29, 0.717) is 17.0 Å². The van der Waals surface area contributed by atoms with Crippen molar-refractivity contribution in [2.75, 3.05) is 10.5 Å². The van der Waals surface area contributed by atoms with E-state index in [1.165, 1.54) is 12.1 Å². The van der Waals surface area contributed by atoms with Crippen molar-refractivity contribution < 1.29 is 22.3 Å². The van der Waals surface area contributed by atoms with E-state index in [9.17, 15) is 17.6 Å². The van der Waals surface area contributed by atoms with E-state index in [4.69, 9.17) is 16.3 Å². The normalized spacial score (nSPS) is 12.0. The molecule has 0 bridgehead atoms. The Kier molecular flexibility index (Phi) is 7.13. The van der Waals surface area contributed by atoms with Crippen LogP contribution in [0.1, 0.15) is 33.3 Å². The Morgan fingerprint density at radius 2 is 1.79 bits per heavy atom. The third-order valence-electron chi connectivity index (χ3n) is 3.88. The van der Waals surface area contributed by atoms with Crippen molar-refractivity contribution in [2.24, 2.45) is 0 Å². The molecule has 0 fully saturated rings. The van der Waals surface area contributed by atoms with Crippen molar-refractivity contribution in [3.63, 3.8) is 0 Å². The molecule has 0 aliphatic carbocycles. The van der Waals surface area contributed by atoms with Gasteiger partial charge in [0, 0.05) is 10.7 Å². The lowest BCUT2D eigenvalue weighted by atomic mass is 9.94. The van der Waals surface area contributed by atoms with E-state index in [0.717, 1.165) is 6.07 Å². The van der Waals surface area contributed by atoms with E-state index in [1.54, 1.807) is 38.1 Å². The summed E-state index contributed by atoms with van der Waals surface area (Å²) in [4.78, 5) is 12.3. The van der Waals surface area contributed by atoms with E-state index in [1.807, 2.05) is 13.8 Å². The Morgan fingerprint density at radius 3 is 2.34 bits per heavy atom. The fourth-order valence-corrected chi connectivity index (χ4v) is 4.10. The molecule has 29 heavy (non-hydrogen) atoms. The maximum Gasteiger partial charge on any atom is 0.241 e. The Morgan fingerprint density at radius 1 is 1.17 bits per heavy atom. The number of carbonyl (C=O) groups is 1. The van der Waals surface area contributed by atoms with Crippen LogP contribution < -0.4 is 14.8 Å². The van der Waals surface area contributed by atoms with Gasteiger partial charge in [-0.2, -0.15) is 0 Å². The van der Waals surface area contributed by atoms with Gasteiger partial charge in [0.1, 0.15) is 17.3 Å². The first-order valence-electron chi connectivity index (χ1n) is 8.92. The van der Waals surface area contributed by atoms with Gasteiger partial charge in [0.15, 0.2) is 0 Å². The number of benzene rings is 2. The second-order valence-electron chi connectivity index (χ2n) is 7.35. The third kappa shape index (κ3) is 6.90. The van der Waals surface area contributed by atoms with E-state index < -0.39 is 33.0 Å². The number of hydrogen-bond donors (Lipinski definition) is 2. The number of ether oxygens (including phenoxy) is 1. The number of carbonyl (C=O) groups excluding carboxylic acids is 1. The molecule has 2 aromatic carbocycles. The van der Waals surface area contributed by atoms with Crippen LogP contribution in [0, 0.1) is 5.82 Å². The highest BCUT2D eigenvalue weighted by molar-refractivity contribution is 7.93. The van der Waals surface area contributed by atoms with Crippen molar-refractivity contribution in [1.82, 2.24) is 5.32 Å². The molecule has 2 aromatic rings. The zero-order valence-corrected chi connectivity index (χ0v) is 18.2. The molecule has 0 aliphatic heterocycles. The molecule has 0 heterocycles. The molecule has 0 unspecified atom stereocenters. The van der Waals surface area contributed by atoms with Gasteiger partial charge in [0.2, 0.25) is 15.9 Å². The van der Waals surface area contributed by atoms with Crippen molar-refractivity contribution >= 4 is 33.2 Å². The van der Waals surface area contributed by atoms with Gasteiger partial charge in [-0.1, -0.05) is 17.7 Å². The minimum Gasteiger partial charge on any atom is -0.491 e. The monoisotopic (exact) mass is 442 g/mol. The molecule has 2 N–H and O–H groups in total. The number of nitrogens with one attached hydrogen (secondary N) is 2. The first-order valence-corrected chi connectivity index (χ1v) is 10.9. The van der Waals surface area contributed by atoms with Gasteiger partial charge in [0.05, 0.1) is 11.6 Å². The number of halogens is 2.